The van der Waals surface area contributed by atoms with Gasteiger partial charge in [-0.05, 0) is 78.9 Å². The van der Waals surface area contributed by atoms with Crippen LogP contribution in [0.4, 0.5) is 9.59 Å². The SMILES string of the molecule is CC(C)(C)OC(=O)N1CCCC1.CC(C)(C)OC(=O)N1C[C@H](O[Si](C)(C)C(C)(C)C)C[C@H]1CO. The van der Waals surface area contributed by atoms with Gasteiger partial charge in [0, 0.05) is 19.6 Å². The minimum atomic E-state index is -1.88. The fraction of sp³-hybridized carbons (Fsp3) is 0.920. The summed E-state index contributed by atoms with van der Waals surface area (Å²) in [6, 6.07) is -0.218. The van der Waals surface area contributed by atoms with Crippen molar-refractivity contribution in [2.75, 3.05) is 26.2 Å². The molecule has 1 N–H and O–H groups in total. The standard InChI is InChI=1S/C16H33NO4Si.C9H17NO2/c1-15(2,3)20-14(19)17-10-13(9-12(17)11-18)21-22(7,8)16(4,5)6;1-9(2,3)12-8(11)10-6-4-5-7-10/h12-13,18H,9-11H2,1-8H3;4-7H2,1-3H3/t12-,13+;/m0./s1. The molecule has 0 aliphatic carbocycles. The predicted octanol–water partition coefficient (Wildman–Crippen LogP) is 5.40. The van der Waals surface area contributed by atoms with Gasteiger partial charge in [0.2, 0.25) is 0 Å². The summed E-state index contributed by atoms with van der Waals surface area (Å²) in [6.07, 6.45) is 2.33. The Balaban J connectivity index is 0.000000404. The van der Waals surface area contributed by atoms with E-state index in [9.17, 15) is 14.7 Å². The first-order valence-corrected chi connectivity index (χ1v) is 15.4. The molecule has 9 heteroatoms. The Kier molecular flexibility index (Phi) is 10.5. The Morgan fingerprint density at radius 3 is 1.76 bits per heavy atom. The average molecular weight is 503 g/mol. The topological polar surface area (TPSA) is 88.5 Å². The van der Waals surface area contributed by atoms with Gasteiger partial charge in [0.15, 0.2) is 8.32 Å². The molecule has 2 fully saturated rings. The largest absolute Gasteiger partial charge is 0.444 e. The van der Waals surface area contributed by atoms with Gasteiger partial charge in [-0.15, -0.1) is 0 Å². The van der Waals surface area contributed by atoms with Crippen molar-refractivity contribution in [2.24, 2.45) is 0 Å². The van der Waals surface area contributed by atoms with Crippen LogP contribution in [0.2, 0.25) is 18.1 Å². The number of hydrogen-bond donors (Lipinski definition) is 1. The minimum absolute atomic E-state index is 0.0226. The van der Waals surface area contributed by atoms with Gasteiger partial charge in [-0.2, -0.15) is 0 Å². The molecule has 2 atom stereocenters. The highest BCUT2D eigenvalue weighted by atomic mass is 28.4. The third kappa shape index (κ3) is 10.1. The second-order valence-electron chi connectivity index (χ2n) is 12.9. The molecule has 2 amide bonds. The van der Waals surface area contributed by atoms with Crippen molar-refractivity contribution < 1.29 is 28.6 Å². The van der Waals surface area contributed by atoms with Crippen LogP contribution in [0.1, 0.15) is 81.6 Å². The van der Waals surface area contributed by atoms with Gasteiger partial charge < -0.3 is 28.8 Å². The van der Waals surface area contributed by atoms with Crippen LogP contribution in [0.15, 0.2) is 0 Å². The Hall–Kier alpha value is -1.32. The molecule has 200 valence electrons. The summed E-state index contributed by atoms with van der Waals surface area (Å²) in [7, 11) is -1.88. The molecule has 8 nitrogen and oxygen atoms in total. The van der Waals surface area contributed by atoms with Gasteiger partial charge in [-0.25, -0.2) is 9.59 Å². The molecule has 0 unspecified atom stereocenters. The Morgan fingerprint density at radius 2 is 1.35 bits per heavy atom. The lowest BCUT2D eigenvalue weighted by atomic mass is 10.2. The first kappa shape index (κ1) is 30.7. The van der Waals surface area contributed by atoms with Crippen LogP contribution in [-0.4, -0.2) is 85.0 Å². The van der Waals surface area contributed by atoms with Crippen molar-refractivity contribution >= 4 is 20.5 Å². The molecule has 0 bridgehead atoms. The number of carbonyl (C=O) groups excluding carboxylic acids is 2. The molecule has 0 aromatic heterocycles. The van der Waals surface area contributed by atoms with Crippen LogP contribution in [-0.2, 0) is 13.9 Å². The molecule has 0 saturated carbocycles. The summed E-state index contributed by atoms with van der Waals surface area (Å²) >= 11 is 0. The van der Waals surface area contributed by atoms with E-state index in [-0.39, 0.29) is 41.6 Å². The van der Waals surface area contributed by atoms with E-state index in [0.717, 1.165) is 25.9 Å². The highest BCUT2D eigenvalue weighted by Gasteiger charge is 2.44. The van der Waals surface area contributed by atoms with Crippen LogP contribution in [0.5, 0.6) is 0 Å². The third-order valence-corrected chi connectivity index (χ3v) is 10.8. The normalized spacial score (nSPS) is 21.8. The fourth-order valence-corrected chi connectivity index (χ4v) is 4.85. The second-order valence-corrected chi connectivity index (χ2v) is 17.6. The Bertz CT molecular complexity index is 672. The monoisotopic (exact) mass is 502 g/mol. The number of nitrogens with zero attached hydrogens (tertiary/aromatic N) is 2. The lowest BCUT2D eigenvalue weighted by molar-refractivity contribution is 0.0163. The summed E-state index contributed by atoms with van der Waals surface area (Å²) in [5.41, 5.74) is -0.894. The van der Waals surface area contributed by atoms with E-state index < -0.39 is 13.9 Å². The second kappa shape index (κ2) is 11.6. The molecule has 2 aliphatic rings. The highest BCUT2D eigenvalue weighted by Crippen LogP contribution is 2.39. The predicted molar refractivity (Wildman–Crippen MR) is 138 cm³/mol. The molecular formula is C25H50N2O6Si. The molecule has 2 heterocycles. The van der Waals surface area contributed by atoms with Crippen LogP contribution < -0.4 is 0 Å². The summed E-state index contributed by atoms with van der Waals surface area (Å²) in [4.78, 5) is 27.0. The van der Waals surface area contributed by atoms with E-state index in [1.807, 2.05) is 41.5 Å². The summed E-state index contributed by atoms with van der Waals surface area (Å²) in [5, 5.41) is 9.69. The quantitative estimate of drug-likeness (QED) is 0.520. The van der Waals surface area contributed by atoms with Crippen LogP contribution >= 0.6 is 0 Å². The maximum absolute atomic E-state index is 12.3. The maximum atomic E-state index is 12.3. The summed E-state index contributed by atoms with van der Waals surface area (Å²) in [6.45, 7) is 24.4. The van der Waals surface area contributed by atoms with Crippen molar-refractivity contribution in [3.05, 3.63) is 0 Å². The molecule has 2 saturated heterocycles. The highest BCUT2D eigenvalue weighted by molar-refractivity contribution is 6.74. The maximum Gasteiger partial charge on any atom is 0.410 e. The summed E-state index contributed by atoms with van der Waals surface area (Å²) < 4.78 is 17.0. The number of likely N-dealkylation sites (tertiary alicyclic amines) is 2. The van der Waals surface area contributed by atoms with E-state index in [0.29, 0.717) is 13.0 Å². The average Bonchev–Trinajstić information content (AvgIpc) is 3.27. The number of ether oxygens (including phenoxy) is 2. The van der Waals surface area contributed by atoms with Crippen LogP contribution in [0.25, 0.3) is 0 Å². The fourth-order valence-electron chi connectivity index (χ4n) is 3.50. The van der Waals surface area contributed by atoms with Crippen molar-refractivity contribution in [3.8, 4) is 0 Å². The van der Waals surface area contributed by atoms with Gasteiger partial charge in [0.1, 0.15) is 11.2 Å². The Labute approximate surface area is 208 Å². The van der Waals surface area contributed by atoms with Gasteiger partial charge in [-0.3, -0.25) is 0 Å². The lowest BCUT2D eigenvalue weighted by Crippen LogP contribution is -2.45. The number of hydrogen-bond acceptors (Lipinski definition) is 6. The molecule has 0 radical (unpaired) electrons. The number of aliphatic hydroxyl groups excluding tert-OH is 1. The minimum Gasteiger partial charge on any atom is -0.444 e. The van der Waals surface area contributed by atoms with E-state index in [2.05, 4.69) is 33.9 Å². The molecule has 0 spiro atoms. The van der Waals surface area contributed by atoms with E-state index in [1.165, 1.54) is 0 Å². The molecule has 2 aliphatic heterocycles. The van der Waals surface area contributed by atoms with Gasteiger partial charge in [-0.1, -0.05) is 20.8 Å². The van der Waals surface area contributed by atoms with Crippen molar-refractivity contribution in [1.29, 1.82) is 0 Å². The van der Waals surface area contributed by atoms with Crippen molar-refractivity contribution in [2.45, 2.75) is 123 Å². The van der Waals surface area contributed by atoms with Gasteiger partial charge in [0.05, 0.1) is 18.8 Å². The van der Waals surface area contributed by atoms with Crippen LogP contribution in [0, 0.1) is 0 Å². The smallest absolute Gasteiger partial charge is 0.410 e. The molecule has 0 aromatic carbocycles. The number of rotatable bonds is 3. The third-order valence-electron chi connectivity index (χ3n) is 6.24. The number of carbonyl (C=O) groups is 2. The zero-order valence-electron chi connectivity index (χ0n) is 23.5. The first-order chi connectivity index (χ1) is 15.3. The molecular weight excluding hydrogens is 452 g/mol. The number of aliphatic hydroxyl groups is 1. The van der Waals surface area contributed by atoms with Gasteiger partial charge >= 0.3 is 12.2 Å². The zero-order valence-corrected chi connectivity index (χ0v) is 24.5. The Morgan fingerprint density at radius 1 is 0.882 bits per heavy atom. The van der Waals surface area contributed by atoms with E-state index in [4.69, 9.17) is 13.9 Å². The first-order valence-electron chi connectivity index (χ1n) is 12.5. The van der Waals surface area contributed by atoms with E-state index >= 15 is 0 Å². The molecule has 0 aromatic rings. The molecule has 2 rings (SSSR count). The van der Waals surface area contributed by atoms with Crippen molar-refractivity contribution in [1.82, 2.24) is 9.80 Å². The van der Waals surface area contributed by atoms with Gasteiger partial charge in [0.25, 0.3) is 0 Å². The van der Waals surface area contributed by atoms with Crippen molar-refractivity contribution in [3.63, 3.8) is 0 Å². The van der Waals surface area contributed by atoms with E-state index in [1.54, 1.807) is 9.80 Å². The lowest BCUT2D eigenvalue weighted by Gasteiger charge is -2.38. The summed E-state index contributed by atoms with van der Waals surface area (Å²) in [5.74, 6) is 0. The zero-order chi connectivity index (χ0) is 26.5. The van der Waals surface area contributed by atoms with Crippen LogP contribution in [0.3, 0.4) is 0 Å². The number of amides is 2. The molecule has 34 heavy (non-hydrogen) atoms.